The van der Waals surface area contributed by atoms with Crippen molar-refractivity contribution in [3.63, 3.8) is 0 Å². The third kappa shape index (κ3) is 2.92. The van der Waals surface area contributed by atoms with E-state index < -0.39 is 0 Å². The Balaban J connectivity index is 1.75. The quantitative estimate of drug-likeness (QED) is 0.644. The molecule has 2 aliphatic rings. The van der Waals surface area contributed by atoms with Crippen LogP contribution in [0, 0.1) is 5.92 Å². The fourth-order valence-electron chi connectivity index (χ4n) is 1.90. The van der Waals surface area contributed by atoms with Crippen LogP contribution in [-0.2, 0) is 19.0 Å². The van der Waals surface area contributed by atoms with Crippen LogP contribution in [0.25, 0.3) is 0 Å². The van der Waals surface area contributed by atoms with E-state index in [2.05, 4.69) is 0 Å². The summed E-state index contributed by atoms with van der Waals surface area (Å²) in [4.78, 5) is 11.4. The molecule has 0 aromatic carbocycles. The molecular formula is C11H18O4. The fraction of sp³-hybridized carbons (Fsp3) is 0.909. The Kier molecular flexibility index (Phi) is 3.59. The predicted molar refractivity (Wildman–Crippen MR) is 53.5 cm³/mol. The van der Waals surface area contributed by atoms with Crippen LogP contribution < -0.4 is 0 Å². The average molecular weight is 214 g/mol. The zero-order valence-corrected chi connectivity index (χ0v) is 9.11. The molecule has 2 fully saturated rings. The van der Waals surface area contributed by atoms with E-state index in [1.807, 2.05) is 0 Å². The summed E-state index contributed by atoms with van der Waals surface area (Å²) in [6, 6.07) is 0. The zero-order chi connectivity index (χ0) is 10.7. The van der Waals surface area contributed by atoms with Gasteiger partial charge in [-0.2, -0.15) is 0 Å². The van der Waals surface area contributed by atoms with Crippen molar-refractivity contribution in [1.82, 2.24) is 0 Å². The second-order valence-corrected chi connectivity index (χ2v) is 4.25. The molecule has 0 bridgehead atoms. The number of ether oxygens (including phenoxy) is 3. The van der Waals surface area contributed by atoms with Crippen molar-refractivity contribution < 1.29 is 19.0 Å². The molecule has 1 aliphatic heterocycles. The number of hydrogen-bond acceptors (Lipinski definition) is 4. The Morgan fingerprint density at radius 3 is 2.80 bits per heavy atom. The van der Waals surface area contributed by atoms with E-state index in [0.717, 1.165) is 32.3 Å². The van der Waals surface area contributed by atoms with Gasteiger partial charge < -0.3 is 14.2 Å². The number of methoxy groups -OCH3 is 1. The summed E-state index contributed by atoms with van der Waals surface area (Å²) >= 11 is 0. The van der Waals surface area contributed by atoms with Gasteiger partial charge in [-0.15, -0.1) is 0 Å². The molecule has 2 atom stereocenters. The van der Waals surface area contributed by atoms with Crippen LogP contribution in [0.15, 0.2) is 0 Å². The van der Waals surface area contributed by atoms with Gasteiger partial charge in [-0.3, -0.25) is 0 Å². The molecule has 0 amide bonds. The van der Waals surface area contributed by atoms with Gasteiger partial charge in [0.15, 0.2) is 6.10 Å². The maximum absolute atomic E-state index is 11.4. The summed E-state index contributed by atoms with van der Waals surface area (Å²) in [6.45, 7) is 1.34. The normalized spacial score (nSPS) is 27.7. The largest absolute Gasteiger partial charge is 0.467 e. The smallest absolute Gasteiger partial charge is 0.335 e. The second kappa shape index (κ2) is 4.94. The number of hydrogen-bond donors (Lipinski definition) is 0. The van der Waals surface area contributed by atoms with E-state index in [4.69, 9.17) is 14.2 Å². The lowest BCUT2D eigenvalue weighted by Crippen LogP contribution is -2.31. The molecule has 4 heteroatoms. The predicted octanol–water partition coefficient (Wildman–Crippen LogP) is 1.13. The van der Waals surface area contributed by atoms with Crippen LogP contribution in [0.1, 0.15) is 25.7 Å². The van der Waals surface area contributed by atoms with Crippen LogP contribution in [0.4, 0.5) is 0 Å². The first kappa shape index (κ1) is 10.9. The first-order chi connectivity index (χ1) is 7.31. The topological polar surface area (TPSA) is 44.8 Å². The highest BCUT2D eigenvalue weighted by Crippen LogP contribution is 2.35. The van der Waals surface area contributed by atoms with Crippen LogP contribution >= 0.6 is 0 Å². The molecule has 0 N–H and O–H groups in total. The molecule has 2 unspecified atom stereocenters. The van der Waals surface area contributed by atoms with E-state index in [1.165, 1.54) is 7.11 Å². The van der Waals surface area contributed by atoms with Gasteiger partial charge in [0.2, 0.25) is 0 Å². The highest BCUT2D eigenvalue weighted by Gasteiger charge is 2.38. The molecule has 1 saturated heterocycles. The summed E-state index contributed by atoms with van der Waals surface area (Å²) in [6.07, 6.45) is 4.10. The Morgan fingerprint density at radius 2 is 2.27 bits per heavy atom. The highest BCUT2D eigenvalue weighted by molar-refractivity contribution is 5.75. The molecule has 1 heterocycles. The van der Waals surface area contributed by atoms with Crippen molar-refractivity contribution in [3.8, 4) is 0 Å². The number of carbonyl (C=O) groups excluding carboxylic acids is 1. The van der Waals surface area contributed by atoms with E-state index in [1.54, 1.807) is 0 Å². The Labute approximate surface area is 89.9 Å². The molecule has 0 aromatic heterocycles. The first-order valence-corrected chi connectivity index (χ1v) is 5.62. The van der Waals surface area contributed by atoms with Crippen LogP contribution in [-0.4, -0.2) is 38.5 Å². The van der Waals surface area contributed by atoms with Crippen LogP contribution in [0.2, 0.25) is 0 Å². The minimum atomic E-state index is -0.362. The third-order valence-electron chi connectivity index (χ3n) is 2.97. The maximum atomic E-state index is 11.4. The SMILES string of the molecule is COC(=O)C(OCC1CCCO1)C1CC1. The number of rotatable bonds is 5. The summed E-state index contributed by atoms with van der Waals surface area (Å²) in [5, 5.41) is 0. The molecule has 15 heavy (non-hydrogen) atoms. The molecule has 0 aromatic rings. The zero-order valence-electron chi connectivity index (χ0n) is 9.11. The Hall–Kier alpha value is -0.610. The van der Waals surface area contributed by atoms with Gasteiger partial charge in [0.05, 0.1) is 19.8 Å². The minimum absolute atomic E-state index is 0.177. The van der Waals surface area contributed by atoms with Crippen molar-refractivity contribution in [1.29, 1.82) is 0 Å². The standard InChI is InChI=1S/C11H18O4/c1-13-11(12)10(8-4-5-8)15-7-9-3-2-6-14-9/h8-10H,2-7H2,1H3. The third-order valence-corrected chi connectivity index (χ3v) is 2.97. The summed E-state index contributed by atoms with van der Waals surface area (Å²) in [5.74, 6) is 0.134. The van der Waals surface area contributed by atoms with Crippen molar-refractivity contribution in [2.24, 2.45) is 5.92 Å². The summed E-state index contributed by atoms with van der Waals surface area (Å²) < 4.78 is 15.8. The van der Waals surface area contributed by atoms with E-state index in [9.17, 15) is 4.79 Å². The maximum Gasteiger partial charge on any atom is 0.335 e. The van der Waals surface area contributed by atoms with Gasteiger partial charge in [-0.05, 0) is 31.6 Å². The lowest BCUT2D eigenvalue weighted by molar-refractivity contribution is -0.157. The van der Waals surface area contributed by atoms with Gasteiger partial charge >= 0.3 is 5.97 Å². The first-order valence-electron chi connectivity index (χ1n) is 5.62. The molecule has 0 radical (unpaired) electrons. The van der Waals surface area contributed by atoms with Gasteiger partial charge in [0, 0.05) is 6.61 Å². The van der Waals surface area contributed by atoms with Gasteiger partial charge in [0.25, 0.3) is 0 Å². The number of carbonyl (C=O) groups is 1. The molecule has 2 rings (SSSR count). The lowest BCUT2D eigenvalue weighted by Gasteiger charge is -2.17. The van der Waals surface area contributed by atoms with E-state index in [0.29, 0.717) is 12.5 Å². The van der Waals surface area contributed by atoms with Crippen molar-refractivity contribution in [2.75, 3.05) is 20.3 Å². The molecule has 0 spiro atoms. The molecule has 4 nitrogen and oxygen atoms in total. The van der Waals surface area contributed by atoms with Crippen molar-refractivity contribution in [3.05, 3.63) is 0 Å². The van der Waals surface area contributed by atoms with Crippen molar-refractivity contribution >= 4 is 5.97 Å². The highest BCUT2D eigenvalue weighted by atomic mass is 16.6. The summed E-state index contributed by atoms with van der Waals surface area (Å²) in [5.41, 5.74) is 0. The Morgan fingerprint density at radius 1 is 1.47 bits per heavy atom. The van der Waals surface area contributed by atoms with Crippen molar-refractivity contribution in [2.45, 2.75) is 37.9 Å². The molecule has 86 valence electrons. The van der Waals surface area contributed by atoms with Gasteiger partial charge in [-0.25, -0.2) is 4.79 Å². The molecule has 1 aliphatic carbocycles. The lowest BCUT2D eigenvalue weighted by atomic mass is 10.2. The van der Waals surface area contributed by atoms with E-state index in [-0.39, 0.29) is 18.2 Å². The Bertz CT molecular complexity index is 219. The van der Waals surface area contributed by atoms with Gasteiger partial charge in [0.1, 0.15) is 0 Å². The monoisotopic (exact) mass is 214 g/mol. The average Bonchev–Trinajstić information content (AvgIpc) is 2.95. The van der Waals surface area contributed by atoms with Crippen LogP contribution in [0.3, 0.4) is 0 Å². The fourth-order valence-corrected chi connectivity index (χ4v) is 1.90. The minimum Gasteiger partial charge on any atom is -0.467 e. The number of esters is 1. The molecular weight excluding hydrogens is 196 g/mol. The van der Waals surface area contributed by atoms with E-state index >= 15 is 0 Å². The summed E-state index contributed by atoms with van der Waals surface area (Å²) in [7, 11) is 1.41. The second-order valence-electron chi connectivity index (χ2n) is 4.25. The van der Waals surface area contributed by atoms with Gasteiger partial charge in [-0.1, -0.05) is 0 Å². The van der Waals surface area contributed by atoms with Crippen LogP contribution in [0.5, 0.6) is 0 Å². The molecule has 1 saturated carbocycles.